The number of aliphatic imine (C=N–C) groups is 1. The Hall–Kier alpha value is -1.38. The van der Waals surface area contributed by atoms with Crippen molar-refractivity contribution in [2.24, 2.45) is 4.99 Å². The van der Waals surface area contributed by atoms with E-state index in [-0.39, 0.29) is 42.2 Å². The third-order valence-electron chi connectivity index (χ3n) is 2.78. The number of methoxy groups -OCH3 is 1. The number of ether oxygens (including phenoxy) is 1. The molecule has 0 unspecified atom stereocenters. The SMILES string of the molecule is CCNC(=NCCC(=O)OC)NCCc1ccc(F)cc1.I. The second kappa shape index (κ2) is 12.2. The fourth-order valence-corrected chi connectivity index (χ4v) is 1.68. The van der Waals surface area contributed by atoms with Crippen LogP contribution in [0.1, 0.15) is 18.9 Å². The molecule has 5 nitrogen and oxygen atoms in total. The minimum atomic E-state index is -0.277. The summed E-state index contributed by atoms with van der Waals surface area (Å²) >= 11 is 0. The van der Waals surface area contributed by atoms with Gasteiger partial charge in [0.2, 0.25) is 0 Å². The fourth-order valence-electron chi connectivity index (χ4n) is 1.68. The summed E-state index contributed by atoms with van der Waals surface area (Å²) in [4.78, 5) is 15.3. The molecule has 0 fully saturated rings. The van der Waals surface area contributed by atoms with Gasteiger partial charge in [0, 0.05) is 13.1 Å². The zero-order chi connectivity index (χ0) is 15.5. The van der Waals surface area contributed by atoms with Gasteiger partial charge in [-0.1, -0.05) is 12.1 Å². The van der Waals surface area contributed by atoms with Crippen molar-refractivity contribution in [2.75, 3.05) is 26.7 Å². The summed E-state index contributed by atoms with van der Waals surface area (Å²) in [5.74, 6) is 0.147. The lowest BCUT2D eigenvalue weighted by molar-refractivity contribution is -0.140. The van der Waals surface area contributed by atoms with E-state index in [0.29, 0.717) is 19.0 Å². The second-order valence-corrected chi connectivity index (χ2v) is 4.39. The molecule has 0 atom stereocenters. The third kappa shape index (κ3) is 8.81. The highest BCUT2D eigenvalue weighted by atomic mass is 127. The summed E-state index contributed by atoms with van der Waals surface area (Å²) in [5, 5.41) is 6.27. The first-order chi connectivity index (χ1) is 10.2. The summed E-state index contributed by atoms with van der Waals surface area (Å²) in [6.45, 7) is 3.76. The highest BCUT2D eigenvalue weighted by molar-refractivity contribution is 14.0. The van der Waals surface area contributed by atoms with E-state index in [1.807, 2.05) is 6.92 Å². The molecule has 2 N–H and O–H groups in total. The van der Waals surface area contributed by atoms with Crippen LogP contribution in [-0.4, -0.2) is 38.7 Å². The van der Waals surface area contributed by atoms with Gasteiger partial charge in [0.05, 0.1) is 20.1 Å². The van der Waals surface area contributed by atoms with Crippen molar-refractivity contribution in [1.29, 1.82) is 0 Å². The van der Waals surface area contributed by atoms with Crippen LogP contribution < -0.4 is 10.6 Å². The van der Waals surface area contributed by atoms with E-state index in [2.05, 4.69) is 20.4 Å². The largest absolute Gasteiger partial charge is 0.469 e. The maximum absolute atomic E-state index is 12.8. The van der Waals surface area contributed by atoms with Crippen LogP contribution in [0.4, 0.5) is 4.39 Å². The van der Waals surface area contributed by atoms with Crippen LogP contribution >= 0.6 is 24.0 Å². The van der Waals surface area contributed by atoms with Crippen molar-refractivity contribution in [3.8, 4) is 0 Å². The molecular weight excluding hydrogens is 400 g/mol. The molecule has 0 heterocycles. The van der Waals surface area contributed by atoms with Gasteiger partial charge in [0.1, 0.15) is 5.82 Å². The van der Waals surface area contributed by atoms with Gasteiger partial charge < -0.3 is 15.4 Å². The van der Waals surface area contributed by atoms with Gasteiger partial charge in [0.15, 0.2) is 5.96 Å². The summed E-state index contributed by atoms with van der Waals surface area (Å²) < 4.78 is 17.3. The number of guanidine groups is 1. The fraction of sp³-hybridized carbons (Fsp3) is 0.467. The first-order valence-electron chi connectivity index (χ1n) is 6.99. The molecule has 1 aromatic carbocycles. The van der Waals surface area contributed by atoms with Crippen molar-refractivity contribution in [3.05, 3.63) is 35.6 Å². The summed E-state index contributed by atoms with van der Waals surface area (Å²) in [7, 11) is 1.36. The molecule has 0 aliphatic heterocycles. The minimum absolute atomic E-state index is 0. The number of hydrogen-bond donors (Lipinski definition) is 2. The van der Waals surface area contributed by atoms with Crippen molar-refractivity contribution in [3.63, 3.8) is 0 Å². The molecular formula is C15H23FIN3O2. The Bertz CT molecular complexity index is 466. The monoisotopic (exact) mass is 423 g/mol. The third-order valence-corrected chi connectivity index (χ3v) is 2.78. The molecule has 1 rings (SSSR count). The van der Waals surface area contributed by atoms with E-state index < -0.39 is 0 Å². The Morgan fingerprint density at radius 1 is 1.27 bits per heavy atom. The van der Waals surface area contributed by atoms with Crippen molar-refractivity contribution in [2.45, 2.75) is 19.8 Å². The Labute approximate surface area is 147 Å². The Morgan fingerprint density at radius 2 is 1.95 bits per heavy atom. The summed E-state index contributed by atoms with van der Waals surface area (Å²) in [6, 6.07) is 6.42. The van der Waals surface area contributed by atoms with Crippen molar-refractivity contribution < 1.29 is 13.9 Å². The molecule has 7 heteroatoms. The lowest BCUT2D eigenvalue weighted by Gasteiger charge is -2.11. The molecule has 0 aliphatic rings. The van der Waals surface area contributed by atoms with Crippen LogP contribution in [0.5, 0.6) is 0 Å². The molecule has 0 bridgehead atoms. The molecule has 0 amide bonds. The number of rotatable bonds is 7. The molecule has 0 saturated carbocycles. The van der Waals surface area contributed by atoms with E-state index in [0.717, 1.165) is 18.5 Å². The van der Waals surface area contributed by atoms with Gasteiger partial charge in [-0.05, 0) is 31.0 Å². The molecule has 22 heavy (non-hydrogen) atoms. The molecule has 124 valence electrons. The quantitative estimate of drug-likeness (QED) is 0.305. The molecule has 0 radical (unpaired) electrons. The number of nitrogens with one attached hydrogen (secondary N) is 2. The van der Waals surface area contributed by atoms with E-state index in [1.165, 1.54) is 19.2 Å². The number of nitrogens with zero attached hydrogens (tertiary/aromatic N) is 1. The van der Waals surface area contributed by atoms with E-state index in [4.69, 9.17) is 0 Å². The maximum Gasteiger partial charge on any atom is 0.307 e. The van der Waals surface area contributed by atoms with E-state index in [9.17, 15) is 9.18 Å². The maximum atomic E-state index is 12.8. The van der Waals surface area contributed by atoms with Gasteiger partial charge in [-0.2, -0.15) is 0 Å². The number of benzene rings is 1. The predicted octanol–water partition coefficient (Wildman–Crippen LogP) is 2.10. The Balaban J connectivity index is 0.00000441. The number of halogens is 2. The van der Waals surface area contributed by atoms with Gasteiger partial charge >= 0.3 is 5.97 Å². The molecule has 0 spiro atoms. The van der Waals surface area contributed by atoms with Crippen LogP contribution in [0.2, 0.25) is 0 Å². The number of carbonyl (C=O) groups is 1. The topological polar surface area (TPSA) is 62.7 Å². The van der Waals surface area contributed by atoms with Crippen LogP contribution in [0, 0.1) is 5.82 Å². The highest BCUT2D eigenvalue weighted by Crippen LogP contribution is 2.02. The average molecular weight is 423 g/mol. The zero-order valence-electron chi connectivity index (χ0n) is 12.9. The van der Waals surface area contributed by atoms with Crippen molar-refractivity contribution in [1.82, 2.24) is 10.6 Å². The van der Waals surface area contributed by atoms with Gasteiger partial charge in [-0.15, -0.1) is 24.0 Å². The molecule has 1 aromatic rings. The number of esters is 1. The highest BCUT2D eigenvalue weighted by Gasteiger charge is 2.01. The number of carbonyl (C=O) groups excluding carboxylic acids is 1. The van der Waals surface area contributed by atoms with Gasteiger partial charge in [0.25, 0.3) is 0 Å². The number of hydrogen-bond acceptors (Lipinski definition) is 3. The molecule has 0 saturated heterocycles. The second-order valence-electron chi connectivity index (χ2n) is 4.39. The Kier molecular flexibility index (Phi) is 11.4. The van der Waals surface area contributed by atoms with E-state index in [1.54, 1.807) is 12.1 Å². The zero-order valence-corrected chi connectivity index (χ0v) is 15.2. The van der Waals surface area contributed by atoms with Gasteiger partial charge in [-0.25, -0.2) is 4.39 Å². The van der Waals surface area contributed by atoms with Gasteiger partial charge in [-0.3, -0.25) is 9.79 Å². The van der Waals surface area contributed by atoms with Crippen LogP contribution in [0.15, 0.2) is 29.3 Å². The summed E-state index contributed by atoms with van der Waals surface area (Å²) in [6.07, 6.45) is 1.02. The molecule has 0 aromatic heterocycles. The lowest BCUT2D eigenvalue weighted by Crippen LogP contribution is -2.38. The lowest BCUT2D eigenvalue weighted by atomic mass is 10.1. The smallest absolute Gasteiger partial charge is 0.307 e. The minimum Gasteiger partial charge on any atom is -0.469 e. The van der Waals surface area contributed by atoms with Crippen molar-refractivity contribution >= 4 is 35.9 Å². The van der Waals surface area contributed by atoms with Crippen LogP contribution in [0.25, 0.3) is 0 Å². The predicted molar refractivity (Wildman–Crippen MR) is 96.1 cm³/mol. The average Bonchev–Trinajstić information content (AvgIpc) is 2.49. The molecule has 0 aliphatic carbocycles. The standard InChI is InChI=1S/C15H22FN3O2.HI/c1-3-17-15(19-11-9-14(20)21-2)18-10-8-12-4-6-13(16)7-5-12;/h4-7H,3,8-11H2,1-2H3,(H2,17,18,19);1H. The van der Waals surface area contributed by atoms with Crippen LogP contribution in [-0.2, 0) is 16.0 Å². The normalized spacial score (nSPS) is 10.6. The van der Waals surface area contributed by atoms with Crippen LogP contribution in [0.3, 0.4) is 0 Å². The first-order valence-corrected chi connectivity index (χ1v) is 6.99. The Morgan fingerprint density at radius 3 is 2.55 bits per heavy atom. The first kappa shape index (κ1) is 20.6. The summed E-state index contributed by atoms with van der Waals surface area (Å²) in [5.41, 5.74) is 1.05. The van der Waals surface area contributed by atoms with E-state index >= 15 is 0 Å².